The van der Waals surface area contributed by atoms with Crippen LogP contribution in [-0.2, 0) is 12.3 Å². The minimum atomic E-state index is 0.633. The molecule has 8 heteroatoms. The Bertz CT molecular complexity index is 1060. The molecule has 4 aromatic heterocycles. The van der Waals surface area contributed by atoms with Gasteiger partial charge in [0.1, 0.15) is 5.65 Å². The van der Waals surface area contributed by atoms with Gasteiger partial charge in [0.25, 0.3) is 0 Å². The molecule has 0 bridgehead atoms. The van der Waals surface area contributed by atoms with Crippen molar-refractivity contribution in [3.05, 3.63) is 72.4 Å². The van der Waals surface area contributed by atoms with E-state index in [9.17, 15) is 0 Å². The highest BCUT2D eigenvalue weighted by Crippen LogP contribution is 2.26. The Kier molecular flexibility index (Phi) is 4.73. The summed E-state index contributed by atoms with van der Waals surface area (Å²) in [4.78, 5) is 8.66. The molecule has 0 spiro atoms. The van der Waals surface area contributed by atoms with Crippen LogP contribution < -0.4 is 0 Å². The lowest BCUT2D eigenvalue weighted by atomic mass is 10.2. The highest BCUT2D eigenvalue weighted by molar-refractivity contribution is 7.98. The summed E-state index contributed by atoms with van der Waals surface area (Å²) in [5, 5.41) is 10.2. The van der Waals surface area contributed by atoms with Crippen LogP contribution in [0.25, 0.3) is 17.0 Å². The highest BCUT2D eigenvalue weighted by Gasteiger charge is 2.14. The Hall–Kier alpha value is -2.64. The van der Waals surface area contributed by atoms with Crippen molar-refractivity contribution >= 4 is 29.0 Å². The second-order valence-electron chi connectivity index (χ2n) is 5.58. The third-order valence-corrected chi connectivity index (χ3v) is 5.00. The zero-order valence-electron chi connectivity index (χ0n) is 13.8. The van der Waals surface area contributed by atoms with Gasteiger partial charge in [0, 0.05) is 42.6 Å². The van der Waals surface area contributed by atoms with Crippen LogP contribution in [0.2, 0.25) is 5.02 Å². The molecular formula is C18H15ClN6S. The van der Waals surface area contributed by atoms with E-state index in [0.717, 1.165) is 27.9 Å². The third kappa shape index (κ3) is 3.36. The van der Waals surface area contributed by atoms with Gasteiger partial charge in [-0.1, -0.05) is 29.4 Å². The van der Waals surface area contributed by atoms with E-state index in [4.69, 9.17) is 11.6 Å². The van der Waals surface area contributed by atoms with Gasteiger partial charge in [-0.25, -0.2) is 4.98 Å². The fourth-order valence-corrected chi connectivity index (χ4v) is 3.63. The Morgan fingerprint density at radius 1 is 1.12 bits per heavy atom. The normalized spacial score (nSPS) is 11.1. The van der Waals surface area contributed by atoms with Crippen molar-refractivity contribution in [3.63, 3.8) is 0 Å². The Balaban J connectivity index is 1.59. The summed E-state index contributed by atoms with van der Waals surface area (Å²) in [6.45, 7) is 4.47. The summed E-state index contributed by atoms with van der Waals surface area (Å²) in [6, 6.07) is 7.58. The van der Waals surface area contributed by atoms with E-state index >= 15 is 0 Å². The molecule has 0 N–H and O–H groups in total. The first-order valence-electron chi connectivity index (χ1n) is 7.95. The average molecular weight is 383 g/mol. The second-order valence-corrected chi connectivity index (χ2v) is 6.95. The fourth-order valence-electron chi connectivity index (χ4n) is 2.63. The molecule has 0 saturated carbocycles. The van der Waals surface area contributed by atoms with E-state index in [-0.39, 0.29) is 0 Å². The number of halogens is 1. The predicted octanol–water partition coefficient (Wildman–Crippen LogP) is 4.12. The average Bonchev–Trinajstić information content (AvgIpc) is 3.24. The first-order chi connectivity index (χ1) is 12.7. The molecule has 6 nitrogen and oxygen atoms in total. The fraction of sp³-hybridized carbons (Fsp3) is 0.111. The molecular weight excluding hydrogens is 368 g/mol. The van der Waals surface area contributed by atoms with Crippen molar-refractivity contribution in [1.29, 1.82) is 0 Å². The number of hydrogen-bond donors (Lipinski definition) is 0. The van der Waals surface area contributed by atoms with Crippen LogP contribution in [0.5, 0.6) is 0 Å². The standard InChI is InChI=1S/C18H15ClN6S/c1-2-9-25-17(13-5-7-20-8-6-13)22-23-18(25)26-12-15-11-24-10-14(19)3-4-16(24)21-15/h2-8,10-11H,1,9,12H2. The molecule has 0 aliphatic carbocycles. The van der Waals surface area contributed by atoms with Gasteiger partial charge in [0.05, 0.1) is 10.7 Å². The molecule has 0 aliphatic heterocycles. The number of aromatic nitrogens is 6. The molecule has 0 aliphatic rings. The summed E-state index contributed by atoms with van der Waals surface area (Å²) >= 11 is 7.62. The van der Waals surface area contributed by atoms with Crippen LogP contribution in [0.3, 0.4) is 0 Å². The highest BCUT2D eigenvalue weighted by atomic mass is 35.5. The number of imidazole rings is 1. The quantitative estimate of drug-likeness (QED) is 0.371. The van der Waals surface area contributed by atoms with E-state index in [0.29, 0.717) is 17.3 Å². The first-order valence-corrected chi connectivity index (χ1v) is 9.31. The van der Waals surface area contributed by atoms with Gasteiger partial charge in [-0.3, -0.25) is 9.55 Å². The van der Waals surface area contributed by atoms with Crippen molar-refractivity contribution in [2.75, 3.05) is 0 Å². The van der Waals surface area contributed by atoms with Crippen LogP contribution in [0.1, 0.15) is 5.69 Å². The van der Waals surface area contributed by atoms with E-state index in [1.807, 2.05) is 51.7 Å². The van der Waals surface area contributed by atoms with Gasteiger partial charge in [0.2, 0.25) is 0 Å². The summed E-state index contributed by atoms with van der Waals surface area (Å²) < 4.78 is 3.97. The Morgan fingerprint density at radius 2 is 1.96 bits per heavy atom. The SMILES string of the molecule is C=CCn1c(SCc2cn3cc(Cl)ccc3n2)nnc1-c1ccncc1. The van der Waals surface area contributed by atoms with Crippen molar-refractivity contribution < 1.29 is 0 Å². The third-order valence-electron chi connectivity index (χ3n) is 3.78. The molecule has 0 saturated heterocycles. The van der Waals surface area contributed by atoms with Crippen LogP contribution in [0.4, 0.5) is 0 Å². The van der Waals surface area contributed by atoms with Crippen LogP contribution >= 0.6 is 23.4 Å². The molecule has 130 valence electrons. The largest absolute Gasteiger partial charge is 0.305 e. The number of hydrogen-bond acceptors (Lipinski definition) is 5. The number of nitrogens with zero attached hydrogens (tertiary/aromatic N) is 6. The van der Waals surface area contributed by atoms with Crippen molar-refractivity contribution in [2.24, 2.45) is 0 Å². The van der Waals surface area contributed by atoms with Crippen LogP contribution in [-0.4, -0.2) is 29.1 Å². The minimum absolute atomic E-state index is 0.633. The molecule has 0 aromatic carbocycles. The molecule has 4 rings (SSSR count). The van der Waals surface area contributed by atoms with Gasteiger partial charge in [0.15, 0.2) is 11.0 Å². The first kappa shape index (κ1) is 16.8. The molecule has 4 aromatic rings. The number of rotatable bonds is 6. The van der Waals surface area contributed by atoms with Crippen LogP contribution in [0.15, 0.2) is 66.9 Å². The molecule has 0 amide bonds. The maximum Gasteiger partial charge on any atom is 0.192 e. The molecule has 0 fully saturated rings. The van der Waals surface area contributed by atoms with Gasteiger partial charge in [-0.15, -0.1) is 16.8 Å². The monoisotopic (exact) mass is 382 g/mol. The Morgan fingerprint density at radius 3 is 2.77 bits per heavy atom. The van der Waals surface area contributed by atoms with Gasteiger partial charge < -0.3 is 4.40 Å². The van der Waals surface area contributed by atoms with Crippen molar-refractivity contribution in [1.82, 2.24) is 29.1 Å². The van der Waals surface area contributed by atoms with Gasteiger partial charge in [-0.05, 0) is 24.3 Å². The van der Waals surface area contributed by atoms with Gasteiger partial charge in [-0.2, -0.15) is 0 Å². The zero-order chi connectivity index (χ0) is 17.9. The topological polar surface area (TPSA) is 60.9 Å². The molecule has 0 radical (unpaired) electrons. The van der Waals surface area contributed by atoms with Crippen molar-refractivity contribution in [2.45, 2.75) is 17.5 Å². The Labute approximate surface area is 159 Å². The maximum absolute atomic E-state index is 6.03. The number of allylic oxidation sites excluding steroid dienone is 1. The smallest absolute Gasteiger partial charge is 0.192 e. The minimum Gasteiger partial charge on any atom is -0.305 e. The maximum atomic E-state index is 6.03. The molecule has 26 heavy (non-hydrogen) atoms. The van der Waals surface area contributed by atoms with Crippen molar-refractivity contribution in [3.8, 4) is 11.4 Å². The number of thioether (sulfide) groups is 1. The van der Waals surface area contributed by atoms with E-state index in [1.54, 1.807) is 24.2 Å². The number of fused-ring (bicyclic) bond motifs is 1. The molecule has 4 heterocycles. The summed E-state index contributed by atoms with van der Waals surface area (Å²) in [6.07, 6.45) is 9.16. The van der Waals surface area contributed by atoms with E-state index in [2.05, 4.69) is 26.7 Å². The molecule has 0 atom stereocenters. The second kappa shape index (κ2) is 7.31. The summed E-state index contributed by atoms with van der Waals surface area (Å²) in [5.74, 6) is 1.49. The predicted molar refractivity (Wildman–Crippen MR) is 103 cm³/mol. The van der Waals surface area contributed by atoms with E-state index < -0.39 is 0 Å². The summed E-state index contributed by atoms with van der Waals surface area (Å²) in [7, 11) is 0. The lowest BCUT2D eigenvalue weighted by molar-refractivity contribution is 0.731. The van der Waals surface area contributed by atoms with Crippen LogP contribution in [0, 0.1) is 0 Å². The zero-order valence-corrected chi connectivity index (χ0v) is 15.4. The lowest BCUT2D eigenvalue weighted by Gasteiger charge is -2.06. The molecule has 0 unspecified atom stereocenters. The van der Waals surface area contributed by atoms with Gasteiger partial charge >= 0.3 is 0 Å². The number of pyridine rings is 2. The van der Waals surface area contributed by atoms with E-state index in [1.165, 1.54) is 0 Å². The lowest BCUT2D eigenvalue weighted by Crippen LogP contribution is -2.00. The summed E-state index contributed by atoms with van der Waals surface area (Å²) in [5.41, 5.74) is 2.80.